The first-order chi connectivity index (χ1) is 3.43. The van der Waals surface area contributed by atoms with Crippen molar-refractivity contribution in [2.75, 3.05) is 0 Å². The van der Waals surface area contributed by atoms with Crippen molar-refractivity contribution < 1.29 is 32.7 Å². The minimum atomic E-state index is 0. The quantitative estimate of drug-likeness (QED) is 0.627. The van der Waals surface area contributed by atoms with Gasteiger partial charge in [0, 0.05) is 32.7 Å². The fourth-order valence-electron chi connectivity index (χ4n) is 0.373. The molecule has 1 rings (SSSR count). The Morgan fingerprint density at radius 1 is 1.88 bits per heavy atom. The van der Waals surface area contributed by atoms with Gasteiger partial charge in [-0.25, -0.2) is 0 Å². The average Bonchev–Trinajstić information content (AvgIpc) is 2.14. The summed E-state index contributed by atoms with van der Waals surface area (Å²) in [5.41, 5.74) is 2.77. The summed E-state index contributed by atoms with van der Waals surface area (Å²) in [5.74, 6) is 0. The predicted octanol–water partition coefficient (Wildman–Crippen LogP) is 1.50. The molecule has 0 aromatic carbocycles. The van der Waals surface area contributed by atoms with Crippen molar-refractivity contribution in [1.29, 1.82) is 0 Å². The monoisotopic (exact) mass is 201 g/mol. The van der Waals surface area contributed by atoms with E-state index < -0.39 is 0 Å². The Morgan fingerprint density at radius 3 is 2.88 bits per heavy atom. The number of nitrogens with zero attached hydrogens (tertiary/aromatic N) is 1. The molecule has 1 radical (unpaired) electrons. The molecule has 0 bridgehead atoms. The van der Waals surface area contributed by atoms with Crippen LogP contribution in [0.1, 0.15) is 11.8 Å². The first-order valence-corrected chi connectivity index (χ1v) is 3.06. The molecule has 1 heterocycles. The van der Waals surface area contributed by atoms with Gasteiger partial charge in [0.2, 0.25) is 0 Å². The molecule has 1 nitrogen and oxygen atoms in total. The Labute approximate surface area is 78.4 Å². The van der Waals surface area contributed by atoms with Gasteiger partial charge in [-0.3, -0.25) is 11.3 Å². The fraction of sp³-hybridized carbons (Fsp3) is 0.400. The summed E-state index contributed by atoms with van der Waals surface area (Å²) in [7, 11) is 0. The maximum absolute atomic E-state index is 3.79. The maximum Gasteiger partial charge on any atom is 0 e. The smallest absolute Gasteiger partial charge is 0 e. The molecule has 0 saturated heterocycles. The second-order valence-corrected chi connectivity index (χ2v) is 2.18. The van der Waals surface area contributed by atoms with E-state index in [0.717, 1.165) is 6.42 Å². The largest absolute Gasteiger partial charge is 0.394 e. The van der Waals surface area contributed by atoms with Gasteiger partial charge in [0.15, 0.2) is 0 Å². The van der Waals surface area contributed by atoms with Crippen LogP contribution in [0.3, 0.4) is 0 Å². The molecule has 3 heteroatoms. The molecule has 0 aliphatic carbocycles. The molecule has 0 saturated carbocycles. The number of aryl methyl sites for hydroxylation is 1. The Balaban J connectivity index is 0.000000490. The summed E-state index contributed by atoms with van der Waals surface area (Å²) in [4.78, 5) is 5.09. The van der Waals surface area contributed by atoms with Crippen LogP contribution < -0.4 is 0 Å². The van der Waals surface area contributed by atoms with Crippen LogP contribution in [0.15, 0.2) is 6.20 Å². The average molecular weight is 201 g/mol. The molecule has 0 aliphatic heterocycles. The zero-order valence-corrected chi connectivity index (χ0v) is 8.37. The second-order valence-electron chi connectivity index (χ2n) is 1.27. The van der Waals surface area contributed by atoms with Gasteiger partial charge in [-0.1, -0.05) is 13.3 Å². The fourth-order valence-corrected chi connectivity index (χ4v) is 0.846. The zero-order valence-electron chi connectivity index (χ0n) is 4.72. The molecule has 0 spiro atoms. The van der Waals surface area contributed by atoms with Gasteiger partial charge in [-0.2, -0.15) is 0 Å². The van der Waals surface area contributed by atoms with Gasteiger partial charge in [-0.15, -0.1) is 11.1 Å². The zero-order chi connectivity index (χ0) is 5.11. The standard InChI is InChI=1S/C5H6NS.Y/c1-2-5-3-6-4-7-5;/h3H,2H2,1H3;/q-1;. The van der Waals surface area contributed by atoms with Crippen molar-refractivity contribution in [2.24, 2.45) is 0 Å². The molecule has 0 fully saturated rings. The van der Waals surface area contributed by atoms with E-state index in [1.54, 1.807) is 11.3 Å². The Hall–Kier alpha value is 0.734. The summed E-state index contributed by atoms with van der Waals surface area (Å²) >= 11 is 1.59. The summed E-state index contributed by atoms with van der Waals surface area (Å²) in [5, 5.41) is 0. The van der Waals surface area contributed by atoms with Crippen molar-refractivity contribution in [3.8, 4) is 0 Å². The van der Waals surface area contributed by atoms with Gasteiger partial charge in [0.1, 0.15) is 0 Å². The van der Waals surface area contributed by atoms with E-state index in [1.807, 2.05) is 6.20 Å². The van der Waals surface area contributed by atoms with Crippen molar-refractivity contribution in [2.45, 2.75) is 13.3 Å². The van der Waals surface area contributed by atoms with Crippen molar-refractivity contribution in [3.63, 3.8) is 0 Å². The summed E-state index contributed by atoms with van der Waals surface area (Å²) in [6.07, 6.45) is 2.94. The van der Waals surface area contributed by atoms with E-state index in [0.29, 0.717) is 0 Å². The number of aromatic nitrogens is 1. The van der Waals surface area contributed by atoms with Crippen LogP contribution in [-0.2, 0) is 39.1 Å². The molecule has 0 atom stereocenters. The summed E-state index contributed by atoms with van der Waals surface area (Å²) in [6, 6.07) is 0. The molecular formula is C5H6NSY-. The van der Waals surface area contributed by atoms with E-state index in [1.165, 1.54) is 4.88 Å². The van der Waals surface area contributed by atoms with Crippen LogP contribution in [0, 0.1) is 5.51 Å². The molecule has 0 N–H and O–H groups in total. The summed E-state index contributed by atoms with van der Waals surface area (Å²) < 4.78 is 0. The van der Waals surface area contributed by atoms with E-state index in [4.69, 9.17) is 0 Å². The van der Waals surface area contributed by atoms with Crippen molar-refractivity contribution in [1.82, 2.24) is 4.98 Å². The molecule has 1 aromatic rings. The van der Waals surface area contributed by atoms with Crippen LogP contribution >= 0.6 is 11.3 Å². The number of hydrogen-bond acceptors (Lipinski definition) is 2. The Bertz CT molecular complexity index is 127. The van der Waals surface area contributed by atoms with E-state index >= 15 is 0 Å². The Kier molecular flexibility index (Phi) is 5.02. The van der Waals surface area contributed by atoms with Crippen LogP contribution in [0.4, 0.5) is 0 Å². The van der Waals surface area contributed by atoms with E-state index in [2.05, 4.69) is 17.4 Å². The number of rotatable bonds is 1. The van der Waals surface area contributed by atoms with E-state index in [9.17, 15) is 0 Å². The minimum Gasteiger partial charge on any atom is -0.394 e. The van der Waals surface area contributed by atoms with Gasteiger partial charge >= 0.3 is 0 Å². The minimum absolute atomic E-state index is 0. The predicted molar refractivity (Wildman–Crippen MR) is 30.3 cm³/mol. The summed E-state index contributed by atoms with van der Waals surface area (Å²) in [6.45, 7) is 2.11. The third kappa shape index (κ3) is 2.34. The maximum atomic E-state index is 3.79. The molecule has 41 valence electrons. The van der Waals surface area contributed by atoms with Gasteiger partial charge in [-0.05, 0) is 5.51 Å². The number of thiazole rings is 1. The second kappa shape index (κ2) is 4.60. The van der Waals surface area contributed by atoms with Crippen LogP contribution in [0.25, 0.3) is 0 Å². The van der Waals surface area contributed by atoms with Gasteiger partial charge in [0.05, 0.1) is 0 Å². The SMILES string of the molecule is CCc1cn[c-]s1.[Y]. The van der Waals surface area contributed by atoms with Gasteiger partial charge in [0.25, 0.3) is 0 Å². The molecule has 0 unspecified atom stereocenters. The topological polar surface area (TPSA) is 12.9 Å². The molecule has 0 amide bonds. The molecule has 0 aliphatic rings. The van der Waals surface area contributed by atoms with Crippen LogP contribution in [0.2, 0.25) is 0 Å². The van der Waals surface area contributed by atoms with Crippen LogP contribution in [0.5, 0.6) is 0 Å². The third-order valence-electron chi connectivity index (χ3n) is 0.786. The molecular weight excluding hydrogens is 195 g/mol. The third-order valence-corrected chi connectivity index (χ3v) is 1.64. The normalized spacial score (nSPS) is 8.12. The van der Waals surface area contributed by atoms with Crippen molar-refractivity contribution >= 4 is 11.3 Å². The van der Waals surface area contributed by atoms with Gasteiger partial charge < -0.3 is 4.98 Å². The van der Waals surface area contributed by atoms with E-state index in [-0.39, 0.29) is 32.7 Å². The van der Waals surface area contributed by atoms with Crippen molar-refractivity contribution in [3.05, 3.63) is 16.6 Å². The molecule has 1 aromatic heterocycles. The first-order valence-electron chi connectivity index (χ1n) is 2.24. The Morgan fingerprint density at radius 2 is 2.62 bits per heavy atom. The first kappa shape index (κ1) is 8.73. The number of hydrogen-bond donors (Lipinski definition) is 0. The van der Waals surface area contributed by atoms with Crippen LogP contribution in [-0.4, -0.2) is 4.98 Å². The molecule has 8 heavy (non-hydrogen) atoms.